The monoisotopic (exact) mass is 224 g/mol. The molecule has 1 spiro atoms. The highest BCUT2D eigenvalue weighted by molar-refractivity contribution is 6.00. The third kappa shape index (κ3) is 1.70. The summed E-state index contributed by atoms with van der Waals surface area (Å²) in [6.45, 7) is 5.89. The molecule has 2 rings (SSSR count). The van der Waals surface area contributed by atoms with Crippen LogP contribution < -0.4 is 10.6 Å². The summed E-state index contributed by atoms with van der Waals surface area (Å²) >= 11 is 0. The minimum absolute atomic E-state index is 0.00419. The van der Waals surface area contributed by atoms with Crippen LogP contribution in [-0.4, -0.2) is 23.4 Å². The van der Waals surface area contributed by atoms with Crippen molar-refractivity contribution in [1.29, 1.82) is 0 Å². The highest BCUT2D eigenvalue weighted by atomic mass is 16.2. The Hall–Kier alpha value is -1.06. The van der Waals surface area contributed by atoms with Crippen LogP contribution in [0.5, 0.6) is 0 Å². The molecule has 16 heavy (non-hydrogen) atoms. The van der Waals surface area contributed by atoms with Crippen LogP contribution in [0, 0.1) is 5.41 Å². The van der Waals surface area contributed by atoms with Gasteiger partial charge in [0.1, 0.15) is 11.6 Å². The quantitative estimate of drug-likeness (QED) is 0.644. The Labute approximate surface area is 96.2 Å². The van der Waals surface area contributed by atoms with Crippen molar-refractivity contribution < 1.29 is 9.59 Å². The first-order valence-electron chi connectivity index (χ1n) is 5.98. The van der Waals surface area contributed by atoms with Crippen molar-refractivity contribution in [2.75, 3.05) is 0 Å². The van der Waals surface area contributed by atoms with Crippen molar-refractivity contribution in [2.45, 2.75) is 58.0 Å². The third-order valence-electron chi connectivity index (χ3n) is 3.66. The molecule has 1 aliphatic carbocycles. The topological polar surface area (TPSA) is 58.2 Å². The van der Waals surface area contributed by atoms with E-state index in [9.17, 15) is 9.59 Å². The molecule has 2 aliphatic rings. The average Bonchev–Trinajstić information content (AvgIpc) is 2.59. The van der Waals surface area contributed by atoms with Crippen molar-refractivity contribution in [3.63, 3.8) is 0 Å². The Morgan fingerprint density at radius 1 is 1.19 bits per heavy atom. The van der Waals surface area contributed by atoms with E-state index in [1.54, 1.807) is 0 Å². The molecule has 0 radical (unpaired) electrons. The van der Waals surface area contributed by atoms with Gasteiger partial charge in [0.2, 0.25) is 11.8 Å². The summed E-state index contributed by atoms with van der Waals surface area (Å²) in [5.74, 6) is -0.0291. The van der Waals surface area contributed by atoms with E-state index < -0.39 is 11.6 Å². The Balaban J connectivity index is 2.19. The minimum Gasteiger partial charge on any atom is -0.342 e. The van der Waals surface area contributed by atoms with Crippen molar-refractivity contribution in [1.82, 2.24) is 10.6 Å². The SMILES string of the molecule is CC(C)(C)C1NC(=O)C2(CCCC2)NC1=O. The second-order valence-electron chi connectivity index (χ2n) is 6.05. The van der Waals surface area contributed by atoms with Crippen molar-refractivity contribution in [3.8, 4) is 0 Å². The Bertz CT molecular complexity index is 324. The van der Waals surface area contributed by atoms with Crippen LogP contribution in [0.15, 0.2) is 0 Å². The lowest BCUT2D eigenvalue weighted by Gasteiger charge is -2.41. The molecule has 4 nitrogen and oxygen atoms in total. The molecule has 1 heterocycles. The molecule has 90 valence electrons. The van der Waals surface area contributed by atoms with Gasteiger partial charge in [-0.3, -0.25) is 9.59 Å². The Kier molecular flexibility index (Phi) is 2.48. The van der Waals surface area contributed by atoms with E-state index >= 15 is 0 Å². The van der Waals surface area contributed by atoms with Crippen LogP contribution in [0.2, 0.25) is 0 Å². The summed E-state index contributed by atoms with van der Waals surface area (Å²) in [4.78, 5) is 24.1. The van der Waals surface area contributed by atoms with Crippen molar-refractivity contribution in [3.05, 3.63) is 0 Å². The van der Waals surface area contributed by atoms with Gasteiger partial charge in [-0.2, -0.15) is 0 Å². The molecule has 0 aromatic heterocycles. The normalized spacial score (nSPS) is 29.1. The van der Waals surface area contributed by atoms with E-state index in [0.717, 1.165) is 25.7 Å². The number of piperazine rings is 1. The minimum atomic E-state index is -0.598. The predicted molar refractivity (Wildman–Crippen MR) is 60.7 cm³/mol. The molecule has 0 aromatic rings. The number of carbonyl (C=O) groups is 2. The number of nitrogens with one attached hydrogen (secondary N) is 2. The lowest BCUT2D eigenvalue weighted by Crippen LogP contribution is -2.70. The zero-order valence-electron chi connectivity index (χ0n) is 10.2. The Morgan fingerprint density at radius 3 is 2.25 bits per heavy atom. The van der Waals surface area contributed by atoms with E-state index in [4.69, 9.17) is 0 Å². The molecule has 1 saturated carbocycles. The number of carbonyl (C=O) groups excluding carboxylic acids is 2. The van der Waals surface area contributed by atoms with Gasteiger partial charge in [-0.15, -0.1) is 0 Å². The molecule has 2 amide bonds. The molecule has 4 heteroatoms. The average molecular weight is 224 g/mol. The first kappa shape index (κ1) is 11.4. The zero-order chi connectivity index (χ0) is 12.0. The van der Waals surface area contributed by atoms with Gasteiger partial charge in [0, 0.05) is 0 Å². The van der Waals surface area contributed by atoms with E-state index in [2.05, 4.69) is 10.6 Å². The highest BCUT2D eigenvalue weighted by Crippen LogP contribution is 2.33. The van der Waals surface area contributed by atoms with E-state index in [0.29, 0.717) is 0 Å². The molecule has 2 fully saturated rings. The van der Waals surface area contributed by atoms with Crippen molar-refractivity contribution >= 4 is 11.8 Å². The number of amides is 2. The van der Waals surface area contributed by atoms with Gasteiger partial charge >= 0.3 is 0 Å². The summed E-state index contributed by atoms with van der Waals surface area (Å²) in [6.07, 6.45) is 3.60. The summed E-state index contributed by atoms with van der Waals surface area (Å²) in [5, 5.41) is 5.84. The van der Waals surface area contributed by atoms with Crippen LogP contribution in [0.3, 0.4) is 0 Å². The maximum absolute atomic E-state index is 12.1. The Morgan fingerprint density at radius 2 is 1.75 bits per heavy atom. The molecular weight excluding hydrogens is 204 g/mol. The summed E-state index contributed by atoms with van der Waals surface area (Å²) < 4.78 is 0. The van der Waals surface area contributed by atoms with Gasteiger partial charge in [0.15, 0.2) is 0 Å². The second kappa shape index (κ2) is 3.47. The van der Waals surface area contributed by atoms with Gasteiger partial charge in [-0.25, -0.2) is 0 Å². The van der Waals surface area contributed by atoms with Crippen LogP contribution >= 0.6 is 0 Å². The zero-order valence-corrected chi connectivity index (χ0v) is 10.2. The van der Waals surface area contributed by atoms with Gasteiger partial charge in [0.25, 0.3) is 0 Å². The van der Waals surface area contributed by atoms with Crippen LogP contribution in [0.25, 0.3) is 0 Å². The fourth-order valence-electron chi connectivity index (χ4n) is 2.64. The number of rotatable bonds is 0. The molecule has 1 aliphatic heterocycles. The molecule has 1 atom stereocenters. The molecule has 2 N–H and O–H groups in total. The molecular formula is C12H20N2O2. The van der Waals surface area contributed by atoms with Crippen molar-refractivity contribution in [2.24, 2.45) is 5.41 Å². The van der Waals surface area contributed by atoms with Crippen LogP contribution in [-0.2, 0) is 9.59 Å². The fraction of sp³-hybridized carbons (Fsp3) is 0.833. The first-order chi connectivity index (χ1) is 7.35. The summed E-state index contributed by atoms with van der Waals surface area (Å²) in [7, 11) is 0. The second-order valence-corrected chi connectivity index (χ2v) is 6.05. The third-order valence-corrected chi connectivity index (χ3v) is 3.66. The molecule has 1 saturated heterocycles. The number of hydrogen-bond donors (Lipinski definition) is 2. The maximum atomic E-state index is 12.1. The molecule has 1 unspecified atom stereocenters. The van der Waals surface area contributed by atoms with Crippen LogP contribution in [0.1, 0.15) is 46.5 Å². The van der Waals surface area contributed by atoms with E-state index in [1.807, 2.05) is 20.8 Å². The lowest BCUT2D eigenvalue weighted by atomic mass is 9.82. The van der Waals surface area contributed by atoms with Crippen LogP contribution in [0.4, 0.5) is 0 Å². The maximum Gasteiger partial charge on any atom is 0.246 e. The smallest absolute Gasteiger partial charge is 0.246 e. The molecule has 0 bridgehead atoms. The number of hydrogen-bond acceptors (Lipinski definition) is 2. The first-order valence-corrected chi connectivity index (χ1v) is 5.98. The standard InChI is InChI=1S/C12H20N2O2/c1-11(2,3)8-9(15)14-12(10(16)13-8)6-4-5-7-12/h8H,4-7H2,1-3H3,(H,13,16)(H,14,15). The fourth-order valence-corrected chi connectivity index (χ4v) is 2.64. The lowest BCUT2D eigenvalue weighted by molar-refractivity contribution is -0.144. The van der Waals surface area contributed by atoms with Gasteiger partial charge in [-0.1, -0.05) is 33.6 Å². The van der Waals surface area contributed by atoms with Gasteiger partial charge < -0.3 is 10.6 Å². The largest absolute Gasteiger partial charge is 0.342 e. The summed E-state index contributed by atoms with van der Waals surface area (Å²) in [6, 6.07) is -0.411. The van der Waals surface area contributed by atoms with E-state index in [1.165, 1.54) is 0 Å². The summed E-state index contributed by atoms with van der Waals surface area (Å²) in [5.41, 5.74) is -0.835. The van der Waals surface area contributed by atoms with E-state index in [-0.39, 0.29) is 17.2 Å². The molecule has 0 aromatic carbocycles. The predicted octanol–water partition coefficient (Wildman–Crippen LogP) is 0.960. The van der Waals surface area contributed by atoms with Gasteiger partial charge in [-0.05, 0) is 18.3 Å². The van der Waals surface area contributed by atoms with Gasteiger partial charge in [0.05, 0.1) is 0 Å². The highest BCUT2D eigenvalue weighted by Gasteiger charge is 2.50.